The summed E-state index contributed by atoms with van der Waals surface area (Å²) in [5.74, 6) is -1.39. The van der Waals surface area contributed by atoms with Gasteiger partial charge in [-0.2, -0.15) is 0 Å². The molecule has 7 nitrogen and oxygen atoms in total. The van der Waals surface area contributed by atoms with Crippen molar-refractivity contribution in [2.24, 2.45) is 0 Å². The zero-order valence-electron chi connectivity index (χ0n) is 14.8. The fraction of sp³-hybridized carbons (Fsp3) is 0.211. The Balaban J connectivity index is 1.85. The Morgan fingerprint density at radius 2 is 1.74 bits per heavy atom. The number of amides is 2. The quantitative estimate of drug-likeness (QED) is 0.709. The number of hydrogen-bond acceptors (Lipinski definition) is 5. The van der Waals surface area contributed by atoms with Crippen LogP contribution in [0.15, 0.2) is 48.5 Å². The number of para-hydroxylation sites is 2. The highest BCUT2D eigenvalue weighted by molar-refractivity contribution is 6.33. The standard InChI is InChI=1S/C19H19ClN2O5/c1-12(18(24)22-15-9-5-4-8-14(15)20)27-17(23)11-21-19(25)13-7-3-6-10-16(13)26-2/h3-10,12H,11H2,1-2H3,(H,21,25)(H,22,24)/t12-/m0/s1. The fourth-order valence-corrected chi connectivity index (χ4v) is 2.35. The van der Waals surface area contributed by atoms with Crippen LogP contribution in [0.5, 0.6) is 5.75 Å². The number of benzene rings is 2. The molecule has 1 atom stereocenters. The summed E-state index contributed by atoms with van der Waals surface area (Å²) in [5, 5.41) is 5.37. The van der Waals surface area contributed by atoms with Crippen LogP contribution in [-0.2, 0) is 14.3 Å². The van der Waals surface area contributed by atoms with E-state index in [0.717, 1.165) is 0 Å². The third-order valence-corrected chi connectivity index (χ3v) is 3.88. The first-order valence-electron chi connectivity index (χ1n) is 8.08. The van der Waals surface area contributed by atoms with Gasteiger partial charge in [0.15, 0.2) is 6.10 Å². The lowest BCUT2D eigenvalue weighted by molar-refractivity contribution is -0.152. The number of ether oxygens (including phenoxy) is 2. The Morgan fingerprint density at radius 3 is 2.44 bits per heavy atom. The lowest BCUT2D eigenvalue weighted by Gasteiger charge is -2.14. The van der Waals surface area contributed by atoms with Crippen molar-refractivity contribution < 1.29 is 23.9 Å². The molecule has 0 aliphatic carbocycles. The van der Waals surface area contributed by atoms with Crippen LogP contribution in [0.3, 0.4) is 0 Å². The van der Waals surface area contributed by atoms with Crippen LogP contribution in [0.2, 0.25) is 5.02 Å². The van der Waals surface area contributed by atoms with Gasteiger partial charge < -0.3 is 20.1 Å². The molecule has 0 aromatic heterocycles. The van der Waals surface area contributed by atoms with E-state index in [0.29, 0.717) is 16.5 Å². The SMILES string of the molecule is COc1ccccc1C(=O)NCC(=O)O[C@@H](C)C(=O)Nc1ccccc1Cl. The summed E-state index contributed by atoms with van der Waals surface area (Å²) < 4.78 is 10.1. The van der Waals surface area contributed by atoms with Crippen molar-refractivity contribution in [1.29, 1.82) is 0 Å². The Hall–Kier alpha value is -3.06. The summed E-state index contributed by atoms with van der Waals surface area (Å²) in [7, 11) is 1.44. The van der Waals surface area contributed by atoms with Gasteiger partial charge in [-0.15, -0.1) is 0 Å². The van der Waals surface area contributed by atoms with Crippen molar-refractivity contribution in [1.82, 2.24) is 5.32 Å². The fourth-order valence-electron chi connectivity index (χ4n) is 2.17. The topological polar surface area (TPSA) is 93.7 Å². The number of rotatable bonds is 7. The molecule has 2 rings (SSSR count). The molecule has 0 saturated heterocycles. The monoisotopic (exact) mass is 390 g/mol. The average molecular weight is 391 g/mol. The Morgan fingerprint density at radius 1 is 1.07 bits per heavy atom. The predicted octanol–water partition coefficient (Wildman–Crippen LogP) is 2.65. The van der Waals surface area contributed by atoms with E-state index in [4.69, 9.17) is 21.1 Å². The minimum Gasteiger partial charge on any atom is -0.496 e. The van der Waals surface area contributed by atoms with Crippen LogP contribution in [0, 0.1) is 0 Å². The number of carbonyl (C=O) groups excluding carboxylic acids is 3. The Kier molecular flexibility index (Phi) is 7.19. The molecule has 0 aliphatic heterocycles. The van der Waals surface area contributed by atoms with E-state index in [1.807, 2.05) is 0 Å². The van der Waals surface area contributed by atoms with Crippen LogP contribution in [0.4, 0.5) is 5.69 Å². The molecular weight excluding hydrogens is 372 g/mol. The van der Waals surface area contributed by atoms with Crippen molar-refractivity contribution in [3.63, 3.8) is 0 Å². The van der Waals surface area contributed by atoms with Gasteiger partial charge in [-0.3, -0.25) is 14.4 Å². The van der Waals surface area contributed by atoms with Crippen molar-refractivity contribution in [2.75, 3.05) is 19.0 Å². The molecule has 142 valence electrons. The van der Waals surface area contributed by atoms with Crippen LogP contribution >= 0.6 is 11.6 Å². The van der Waals surface area contributed by atoms with Gasteiger partial charge in [0.05, 0.1) is 23.4 Å². The third-order valence-electron chi connectivity index (χ3n) is 3.55. The second-order valence-electron chi connectivity index (χ2n) is 5.48. The molecule has 27 heavy (non-hydrogen) atoms. The minimum atomic E-state index is -1.06. The molecule has 0 heterocycles. The summed E-state index contributed by atoms with van der Waals surface area (Å²) in [4.78, 5) is 36.1. The van der Waals surface area contributed by atoms with E-state index in [1.54, 1.807) is 48.5 Å². The minimum absolute atomic E-state index is 0.289. The first-order valence-corrected chi connectivity index (χ1v) is 8.46. The molecule has 0 saturated carbocycles. The number of carbonyl (C=O) groups is 3. The van der Waals surface area contributed by atoms with Crippen LogP contribution in [-0.4, -0.2) is 37.5 Å². The van der Waals surface area contributed by atoms with Crippen molar-refractivity contribution in [3.05, 3.63) is 59.1 Å². The van der Waals surface area contributed by atoms with E-state index in [1.165, 1.54) is 14.0 Å². The molecule has 0 radical (unpaired) electrons. The van der Waals surface area contributed by atoms with Crippen LogP contribution in [0.1, 0.15) is 17.3 Å². The highest BCUT2D eigenvalue weighted by atomic mass is 35.5. The highest BCUT2D eigenvalue weighted by Gasteiger charge is 2.20. The zero-order valence-corrected chi connectivity index (χ0v) is 15.6. The maximum Gasteiger partial charge on any atom is 0.326 e. The van der Waals surface area contributed by atoms with E-state index in [9.17, 15) is 14.4 Å². The van der Waals surface area contributed by atoms with Crippen molar-refractivity contribution in [2.45, 2.75) is 13.0 Å². The second-order valence-corrected chi connectivity index (χ2v) is 5.89. The van der Waals surface area contributed by atoms with E-state index >= 15 is 0 Å². The largest absolute Gasteiger partial charge is 0.496 e. The predicted molar refractivity (Wildman–Crippen MR) is 101 cm³/mol. The van der Waals surface area contributed by atoms with Gasteiger partial charge in [-0.1, -0.05) is 35.9 Å². The summed E-state index contributed by atoms with van der Waals surface area (Å²) in [6.45, 7) is 1.03. The number of esters is 1. The number of methoxy groups -OCH3 is 1. The Bertz CT molecular complexity index is 840. The first kappa shape index (κ1) is 20.3. The number of nitrogens with one attached hydrogen (secondary N) is 2. The molecule has 2 amide bonds. The van der Waals surface area contributed by atoms with Gasteiger partial charge in [0.1, 0.15) is 12.3 Å². The third kappa shape index (κ3) is 5.72. The molecule has 8 heteroatoms. The van der Waals surface area contributed by atoms with Gasteiger partial charge >= 0.3 is 5.97 Å². The zero-order chi connectivity index (χ0) is 19.8. The second kappa shape index (κ2) is 9.59. The lowest BCUT2D eigenvalue weighted by atomic mass is 10.2. The van der Waals surface area contributed by atoms with Crippen LogP contribution < -0.4 is 15.4 Å². The normalized spacial score (nSPS) is 11.2. The molecule has 0 bridgehead atoms. The van der Waals surface area contributed by atoms with Crippen molar-refractivity contribution in [3.8, 4) is 5.75 Å². The molecule has 0 fully saturated rings. The van der Waals surface area contributed by atoms with E-state index in [-0.39, 0.29) is 12.1 Å². The average Bonchev–Trinajstić information content (AvgIpc) is 2.67. The number of anilines is 1. The van der Waals surface area contributed by atoms with E-state index in [2.05, 4.69) is 10.6 Å². The molecule has 2 aromatic carbocycles. The molecule has 2 aromatic rings. The maximum absolute atomic E-state index is 12.1. The summed E-state index contributed by atoms with van der Waals surface area (Å²) in [5.41, 5.74) is 0.703. The van der Waals surface area contributed by atoms with E-state index < -0.39 is 23.9 Å². The summed E-state index contributed by atoms with van der Waals surface area (Å²) in [6, 6.07) is 13.3. The molecule has 0 aliphatic rings. The number of halogens is 1. The first-order chi connectivity index (χ1) is 12.9. The van der Waals surface area contributed by atoms with Gasteiger partial charge in [0, 0.05) is 0 Å². The Labute approximate surface area is 161 Å². The number of hydrogen-bond donors (Lipinski definition) is 2. The highest BCUT2D eigenvalue weighted by Crippen LogP contribution is 2.20. The summed E-state index contributed by atoms with van der Waals surface area (Å²) >= 11 is 5.97. The van der Waals surface area contributed by atoms with Gasteiger partial charge in [0.25, 0.3) is 11.8 Å². The molecule has 0 spiro atoms. The summed E-state index contributed by atoms with van der Waals surface area (Å²) in [6.07, 6.45) is -1.06. The molecular formula is C19H19ClN2O5. The van der Waals surface area contributed by atoms with Crippen LogP contribution in [0.25, 0.3) is 0 Å². The van der Waals surface area contributed by atoms with Gasteiger partial charge in [-0.25, -0.2) is 0 Å². The molecule has 2 N–H and O–H groups in total. The molecule has 0 unspecified atom stereocenters. The lowest BCUT2D eigenvalue weighted by Crippen LogP contribution is -2.36. The smallest absolute Gasteiger partial charge is 0.326 e. The van der Waals surface area contributed by atoms with Gasteiger partial charge in [-0.05, 0) is 31.2 Å². The van der Waals surface area contributed by atoms with Gasteiger partial charge in [0.2, 0.25) is 0 Å². The van der Waals surface area contributed by atoms with Crippen molar-refractivity contribution >= 4 is 35.1 Å². The maximum atomic E-state index is 12.1.